The van der Waals surface area contributed by atoms with E-state index < -0.39 is 0 Å². The highest BCUT2D eigenvalue weighted by Crippen LogP contribution is 2.20. The van der Waals surface area contributed by atoms with E-state index in [1.165, 1.54) is 0 Å². The molecule has 0 saturated heterocycles. The van der Waals surface area contributed by atoms with E-state index in [0.717, 1.165) is 22.4 Å². The predicted molar refractivity (Wildman–Crippen MR) is 104 cm³/mol. The van der Waals surface area contributed by atoms with Crippen molar-refractivity contribution in [2.45, 2.75) is 13.8 Å². The lowest BCUT2D eigenvalue weighted by Crippen LogP contribution is -2.03. The fourth-order valence-electron chi connectivity index (χ4n) is 2.20. The van der Waals surface area contributed by atoms with Crippen LogP contribution in [-0.4, -0.2) is 14.5 Å². The van der Waals surface area contributed by atoms with Gasteiger partial charge in [-0.15, -0.1) is 0 Å². The highest BCUT2D eigenvalue weighted by molar-refractivity contribution is 5.81. The minimum absolute atomic E-state index is 0.531. The summed E-state index contributed by atoms with van der Waals surface area (Å²) in [5, 5.41) is 4.17. The van der Waals surface area contributed by atoms with Crippen LogP contribution in [0.4, 0.5) is 5.95 Å². The largest absolute Gasteiger partial charge is 0.324 e. The minimum Gasteiger partial charge on any atom is -0.324 e. The van der Waals surface area contributed by atoms with Crippen molar-refractivity contribution in [3.63, 3.8) is 0 Å². The fourth-order valence-corrected chi connectivity index (χ4v) is 2.20. The molecule has 0 aliphatic heterocycles. The van der Waals surface area contributed by atoms with Gasteiger partial charge < -0.3 is 9.88 Å². The van der Waals surface area contributed by atoms with Gasteiger partial charge in [-0.25, -0.2) is 4.98 Å². The summed E-state index contributed by atoms with van der Waals surface area (Å²) >= 11 is 0. The van der Waals surface area contributed by atoms with Gasteiger partial charge in [0, 0.05) is 29.2 Å². The van der Waals surface area contributed by atoms with Gasteiger partial charge in [0.2, 0.25) is 5.95 Å². The lowest BCUT2D eigenvalue weighted by Gasteiger charge is -2.08. The SMILES string of the molecule is C=C/C=C(\C=C/C)Nc1ncc2ccn(/C(C=C)=C/C=C\C)c2n1. The highest BCUT2D eigenvalue weighted by atomic mass is 15.1. The third kappa shape index (κ3) is 3.98. The molecule has 0 fully saturated rings. The van der Waals surface area contributed by atoms with E-state index in [4.69, 9.17) is 0 Å². The second kappa shape index (κ2) is 8.48. The average molecular weight is 318 g/mol. The van der Waals surface area contributed by atoms with Crippen LogP contribution in [0.2, 0.25) is 0 Å². The molecule has 0 unspecified atom stereocenters. The molecule has 0 aliphatic rings. The molecule has 0 atom stereocenters. The van der Waals surface area contributed by atoms with Crippen LogP contribution in [0.5, 0.6) is 0 Å². The standard InChI is InChI=1S/C20H22N4/c1-5-9-12-18(8-4)24-14-13-16-15-21-20(23-19(16)24)22-17(10-6-2)11-7-3/h5-15H,2,4H2,1,3H3,(H,21,22,23)/b9-5-,11-7-,17-10+,18-12+. The highest BCUT2D eigenvalue weighted by Gasteiger charge is 2.07. The number of aromatic nitrogens is 3. The van der Waals surface area contributed by atoms with Crippen LogP contribution in [0, 0.1) is 0 Å². The molecular weight excluding hydrogens is 296 g/mol. The quantitative estimate of drug-likeness (QED) is 0.723. The molecule has 24 heavy (non-hydrogen) atoms. The lowest BCUT2D eigenvalue weighted by atomic mass is 10.3. The first-order chi connectivity index (χ1) is 11.7. The van der Waals surface area contributed by atoms with E-state index in [9.17, 15) is 0 Å². The van der Waals surface area contributed by atoms with E-state index in [2.05, 4.69) is 28.4 Å². The summed E-state index contributed by atoms with van der Waals surface area (Å²) in [7, 11) is 0. The van der Waals surface area contributed by atoms with E-state index in [1.807, 2.05) is 67.1 Å². The normalized spacial score (nSPS) is 13.1. The third-order valence-corrected chi connectivity index (χ3v) is 3.27. The lowest BCUT2D eigenvalue weighted by molar-refractivity contribution is 1.11. The Morgan fingerprint density at radius 2 is 2.04 bits per heavy atom. The first-order valence-electron chi connectivity index (χ1n) is 7.75. The van der Waals surface area contributed by atoms with Gasteiger partial charge in [0.15, 0.2) is 0 Å². The third-order valence-electron chi connectivity index (χ3n) is 3.27. The molecule has 2 aromatic heterocycles. The molecule has 1 N–H and O–H groups in total. The zero-order valence-corrected chi connectivity index (χ0v) is 14.1. The molecular formula is C20H22N4. The van der Waals surface area contributed by atoms with Crippen molar-refractivity contribution < 1.29 is 0 Å². The molecule has 0 aromatic carbocycles. The molecule has 122 valence electrons. The predicted octanol–water partition coefficient (Wildman–Crippen LogP) is 5.09. The summed E-state index contributed by atoms with van der Waals surface area (Å²) < 4.78 is 1.99. The molecule has 4 heteroatoms. The van der Waals surface area contributed by atoms with Crippen molar-refractivity contribution in [2.75, 3.05) is 5.32 Å². The average Bonchev–Trinajstić information content (AvgIpc) is 2.99. The summed E-state index contributed by atoms with van der Waals surface area (Å²) in [5.41, 5.74) is 2.64. The molecule has 2 rings (SSSR count). The van der Waals surface area contributed by atoms with Crippen molar-refractivity contribution in [3.05, 3.63) is 85.9 Å². The molecule has 2 heterocycles. The monoisotopic (exact) mass is 318 g/mol. The Balaban J connectivity index is 2.46. The van der Waals surface area contributed by atoms with Gasteiger partial charge in [0.25, 0.3) is 0 Å². The summed E-state index contributed by atoms with van der Waals surface area (Å²) in [4.78, 5) is 9.00. The van der Waals surface area contributed by atoms with Crippen LogP contribution in [0.15, 0.2) is 85.9 Å². The van der Waals surface area contributed by atoms with Crippen molar-refractivity contribution in [2.24, 2.45) is 0 Å². The zero-order valence-electron chi connectivity index (χ0n) is 14.1. The Morgan fingerprint density at radius 3 is 2.71 bits per heavy atom. The summed E-state index contributed by atoms with van der Waals surface area (Å²) in [6.07, 6.45) is 19.0. The van der Waals surface area contributed by atoms with Crippen LogP contribution in [0.3, 0.4) is 0 Å². The Kier molecular flexibility index (Phi) is 6.08. The van der Waals surface area contributed by atoms with E-state index in [1.54, 1.807) is 18.3 Å². The van der Waals surface area contributed by atoms with Crippen molar-refractivity contribution in [3.8, 4) is 0 Å². The first-order valence-corrected chi connectivity index (χ1v) is 7.75. The Labute approximate surface area is 142 Å². The number of anilines is 1. The Morgan fingerprint density at radius 1 is 1.21 bits per heavy atom. The minimum atomic E-state index is 0.531. The van der Waals surface area contributed by atoms with Crippen LogP contribution in [0.25, 0.3) is 16.7 Å². The molecule has 0 bridgehead atoms. The second-order valence-electron chi connectivity index (χ2n) is 4.96. The number of hydrogen-bond acceptors (Lipinski definition) is 3. The smallest absolute Gasteiger partial charge is 0.229 e. The summed E-state index contributed by atoms with van der Waals surface area (Å²) in [5.74, 6) is 0.531. The first kappa shape index (κ1) is 17.2. The fraction of sp³-hybridized carbons (Fsp3) is 0.100. The van der Waals surface area contributed by atoms with Gasteiger partial charge >= 0.3 is 0 Å². The van der Waals surface area contributed by atoms with E-state index in [0.29, 0.717) is 5.95 Å². The number of nitrogens with zero attached hydrogens (tertiary/aromatic N) is 3. The van der Waals surface area contributed by atoms with Gasteiger partial charge in [-0.05, 0) is 44.2 Å². The number of hydrogen-bond donors (Lipinski definition) is 1. The summed E-state index contributed by atoms with van der Waals surface area (Å²) in [6.45, 7) is 11.5. The number of allylic oxidation sites excluding steroid dienone is 9. The van der Waals surface area contributed by atoms with Gasteiger partial charge in [-0.2, -0.15) is 4.98 Å². The van der Waals surface area contributed by atoms with E-state index >= 15 is 0 Å². The van der Waals surface area contributed by atoms with Crippen LogP contribution in [-0.2, 0) is 0 Å². The van der Waals surface area contributed by atoms with Crippen molar-refractivity contribution in [1.29, 1.82) is 0 Å². The molecule has 0 spiro atoms. The number of rotatable bonds is 7. The maximum absolute atomic E-state index is 4.64. The number of fused-ring (bicyclic) bond motifs is 1. The number of nitrogens with one attached hydrogen (secondary N) is 1. The molecule has 4 nitrogen and oxygen atoms in total. The van der Waals surface area contributed by atoms with Gasteiger partial charge in [0.1, 0.15) is 5.65 Å². The second-order valence-corrected chi connectivity index (χ2v) is 4.96. The topological polar surface area (TPSA) is 42.7 Å². The molecule has 0 radical (unpaired) electrons. The van der Waals surface area contributed by atoms with Gasteiger partial charge in [-0.3, -0.25) is 0 Å². The molecule has 2 aromatic rings. The maximum atomic E-state index is 4.64. The van der Waals surface area contributed by atoms with Gasteiger partial charge in [0.05, 0.1) is 0 Å². The zero-order chi connectivity index (χ0) is 17.4. The van der Waals surface area contributed by atoms with Crippen molar-refractivity contribution >= 4 is 22.7 Å². The van der Waals surface area contributed by atoms with Gasteiger partial charge in [-0.1, -0.05) is 37.5 Å². The van der Waals surface area contributed by atoms with Crippen LogP contribution >= 0.6 is 0 Å². The molecule has 0 aliphatic carbocycles. The maximum Gasteiger partial charge on any atom is 0.229 e. The van der Waals surface area contributed by atoms with Crippen LogP contribution < -0.4 is 5.32 Å². The molecule has 0 amide bonds. The Bertz CT molecular complexity index is 848. The summed E-state index contributed by atoms with van der Waals surface area (Å²) in [6, 6.07) is 1.98. The van der Waals surface area contributed by atoms with Crippen LogP contribution in [0.1, 0.15) is 13.8 Å². The van der Waals surface area contributed by atoms with E-state index in [-0.39, 0.29) is 0 Å². The Hall–Kier alpha value is -3.14. The molecule has 0 saturated carbocycles. The van der Waals surface area contributed by atoms with Crippen molar-refractivity contribution in [1.82, 2.24) is 14.5 Å².